The van der Waals surface area contributed by atoms with Gasteiger partial charge in [-0.25, -0.2) is 17.5 Å². The van der Waals surface area contributed by atoms with Gasteiger partial charge < -0.3 is 5.11 Å². The van der Waals surface area contributed by atoms with Crippen molar-refractivity contribution >= 4 is 10.0 Å². The summed E-state index contributed by atoms with van der Waals surface area (Å²) in [5, 5.41) is 9.03. The molecule has 1 aromatic rings. The first-order valence-electron chi connectivity index (χ1n) is 5.57. The fourth-order valence-electron chi connectivity index (χ4n) is 1.21. The molecule has 0 amide bonds. The molecule has 4 nitrogen and oxygen atoms in total. The van der Waals surface area contributed by atoms with Gasteiger partial charge in [-0.2, -0.15) is 0 Å². The van der Waals surface area contributed by atoms with Crippen LogP contribution in [0.4, 0.5) is 4.39 Å². The van der Waals surface area contributed by atoms with E-state index in [4.69, 9.17) is 5.11 Å². The fourth-order valence-corrected chi connectivity index (χ4v) is 2.56. The van der Waals surface area contributed by atoms with Gasteiger partial charge in [-0.1, -0.05) is 26.0 Å². The smallest absolute Gasteiger partial charge is 0.215 e. The lowest BCUT2D eigenvalue weighted by Gasteiger charge is -2.21. The van der Waals surface area contributed by atoms with Gasteiger partial charge in [0.15, 0.2) is 0 Å². The number of sulfonamides is 1. The third-order valence-electron chi connectivity index (χ3n) is 2.47. The Labute approximate surface area is 107 Å². The zero-order valence-corrected chi connectivity index (χ0v) is 11.3. The van der Waals surface area contributed by atoms with E-state index in [2.05, 4.69) is 4.72 Å². The van der Waals surface area contributed by atoms with Gasteiger partial charge in [0.2, 0.25) is 10.0 Å². The SMILES string of the molecule is CC(C)(CO)CNS(=O)(=O)Cc1ccc(F)cc1. The summed E-state index contributed by atoms with van der Waals surface area (Å²) in [5.41, 5.74) is 0.0151. The van der Waals surface area contributed by atoms with E-state index in [1.165, 1.54) is 24.3 Å². The summed E-state index contributed by atoms with van der Waals surface area (Å²) in [6.07, 6.45) is 0. The van der Waals surface area contributed by atoms with Crippen molar-refractivity contribution in [2.45, 2.75) is 19.6 Å². The van der Waals surface area contributed by atoms with E-state index in [0.29, 0.717) is 5.56 Å². The Morgan fingerprint density at radius 1 is 1.28 bits per heavy atom. The number of aliphatic hydroxyl groups is 1. The molecule has 102 valence electrons. The Bertz CT molecular complexity index is 483. The van der Waals surface area contributed by atoms with E-state index in [0.717, 1.165) is 0 Å². The van der Waals surface area contributed by atoms with Crippen molar-refractivity contribution in [1.82, 2.24) is 4.72 Å². The minimum Gasteiger partial charge on any atom is -0.396 e. The molecule has 0 aliphatic carbocycles. The van der Waals surface area contributed by atoms with Crippen LogP contribution in [0.3, 0.4) is 0 Å². The minimum atomic E-state index is -3.47. The van der Waals surface area contributed by atoms with Crippen LogP contribution in [0.5, 0.6) is 0 Å². The van der Waals surface area contributed by atoms with E-state index in [1.807, 2.05) is 0 Å². The number of nitrogens with one attached hydrogen (secondary N) is 1. The highest BCUT2D eigenvalue weighted by atomic mass is 32.2. The van der Waals surface area contributed by atoms with Crippen molar-refractivity contribution in [2.75, 3.05) is 13.2 Å². The molecule has 0 saturated carbocycles. The van der Waals surface area contributed by atoms with Crippen LogP contribution in [0.2, 0.25) is 0 Å². The number of hydrogen-bond donors (Lipinski definition) is 2. The molecule has 0 saturated heterocycles. The molecule has 1 aromatic carbocycles. The first kappa shape index (κ1) is 15.1. The van der Waals surface area contributed by atoms with Crippen molar-refractivity contribution in [3.63, 3.8) is 0 Å². The molecule has 0 heterocycles. The van der Waals surface area contributed by atoms with Crippen LogP contribution in [-0.4, -0.2) is 26.7 Å². The van der Waals surface area contributed by atoms with Crippen molar-refractivity contribution in [3.05, 3.63) is 35.6 Å². The van der Waals surface area contributed by atoms with Crippen LogP contribution < -0.4 is 4.72 Å². The quantitative estimate of drug-likeness (QED) is 0.821. The molecular formula is C12H18FNO3S. The second kappa shape index (κ2) is 5.77. The van der Waals surface area contributed by atoms with Crippen LogP contribution in [0.25, 0.3) is 0 Å². The van der Waals surface area contributed by atoms with Gasteiger partial charge in [0.25, 0.3) is 0 Å². The van der Waals surface area contributed by atoms with Gasteiger partial charge in [0.05, 0.1) is 5.75 Å². The maximum absolute atomic E-state index is 12.7. The van der Waals surface area contributed by atoms with Crippen molar-refractivity contribution in [3.8, 4) is 0 Å². The summed E-state index contributed by atoms with van der Waals surface area (Å²) in [6, 6.07) is 5.32. The Hall–Kier alpha value is -0.980. The monoisotopic (exact) mass is 275 g/mol. The normalized spacial score (nSPS) is 12.7. The van der Waals surface area contributed by atoms with Gasteiger partial charge in [-0.05, 0) is 17.7 Å². The molecule has 0 aromatic heterocycles. The molecule has 18 heavy (non-hydrogen) atoms. The predicted octanol–water partition coefficient (Wildman–Crippen LogP) is 1.26. The molecule has 0 aliphatic rings. The van der Waals surface area contributed by atoms with Gasteiger partial charge in [0.1, 0.15) is 5.82 Å². The summed E-state index contributed by atoms with van der Waals surface area (Å²) in [6.45, 7) is 3.57. The molecule has 0 bridgehead atoms. The van der Waals surface area contributed by atoms with Crippen molar-refractivity contribution in [1.29, 1.82) is 0 Å². The van der Waals surface area contributed by atoms with Crippen LogP contribution in [0.15, 0.2) is 24.3 Å². The van der Waals surface area contributed by atoms with Gasteiger partial charge in [0, 0.05) is 18.6 Å². The molecule has 0 atom stereocenters. The molecule has 0 radical (unpaired) electrons. The largest absolute Gasteiger partial charge is 0.396 e. The Morgan fingerprint density at radius 3 is 2.33 bits per heavy atom. The molecule has 0 spiro atoms. The second-order valence-corrected chi connectivity index (χ2v) is 6.84. The Kier molecular flexibility index (Phi) is 4.84. The minimum absolute atomic E-state index is 0.105. The van der Waals surface area contributed by atoms with Gasteiger partial charge in [-0.15, -0.1) is 0 Å². The van der Waals surface area contributed by atoms with Crippen LogP contribution in [0.1, 0.15) is 19.4 Å². The number of rotatable bonds is 6. The van der Waals surface area contributed by atoms with Crippen LogP contribution in [0, 0.1) is 11.2 Å². The predicted molar refractivity (Wildman–Crippen MR) is 67.9 cm³/mol. The summed E-state index contributed by atoms with van der Waals surface area (Å²) in [4.78, 5) is 0. The average Bonchev–Trinajstić information content (AvgIpc) is 2.30. The lowest BCUT2D eigenvalue weighted by Crippen LogP contribution is -2.36. The van der Waals surface area contributed by atoms with E-state index in [9.17, 15) is 12.8 Å². The zero-order valence-electron chi connectivity index (χ0n) is 10.5. The number of aliphatic hydroxyl groups excluding tert-OH is 1. The highest BCUT2D eigenvalue weighted by Gasteiger charge is 2.20. The zero-order chi connectivity index (χ0) is 13.8. The summed E-state index contributed by atoms with van der Waals surface area (Å²) >= 11 is 0. The first-order valence-corrected chi connectivity index (χ1v) is 7.22. The van der Waals surface area contributed by atoms with Crippen molar-refractivity contribution < 1.29 is 17.9 Å². The van der Waals surface area contributed by atoms with Gasteiger partial charge in [-0.3, -0.25) is 0 Å². The number of halogens is 1. The standard InChI is InChI=1S/C12H18FNO3S/c1-12(2,9-15)8-14-18(16,17)7-10-3-5-11(13)6-4-10/h3-6,14-15H,7-9H2,1-2H3. The van der Waals surface area contributed by atoms with Crippen LogP contribution in [-0.2, 0) is 15.8 Å². The Balaban J connectivity index is 2.63. The second-order valence-electron chi connectivity index (χ2n) is 5.03. The average molecular weight is 275 g/mol. The van der Waals surface area contributed by atoms with Gasteiger partial charge >= 0.3 is 0 Å². The molecule has 0 unspecified atom stereocenters. The maximum atomic E-state index is 12.7. The van der Waals surface area contributed by atoms with E-state index in [-0.39, 0.29) is 18.9 Å². The molecule has 0 aliphatic heterocycles. The highest BCUT2D eigenvalue weighted by Crippen LogP contribution is 2.13. The molecule has 1 rings (SSSR count). The van der Waals surface area contributed by atoms with Crippen LogP contribution >= 0.6 is 0 Å². The van der Waals surface area contributed by atoms with E-state index < -0.39 is 21.3 Å². The highest BCUT2D eigenvalue weighted by molar-refractivity contribution is 7.88. The lowest BCUT2D eigenvalue weighted by molar-refractivity contribution is 0.163. The van der Waals surface area contributed by atoms with E-state index >= 15 is 0 Å². The van der Waals surface area contributed by atoms with Crippen molar-refractivity contribution in [2.24, 2.45) is 5.41 Å². The maximum Gasteiger partial charge on any atom is 0.215 e. The topological polar surface area (TPSA) is 66.4 Å². The molecule has 6 heteroatoms. The third-order valence-corrected chi connectivity index (χ3v) is 3.77. The molecular weight excluding hydrogens is 257 g/mol. The summed E-state index contributed by atoms with van der Waals surface area (Å²) < 4.78 is 38.6. The van der Waals surface area contributed by atoms with E-state index in [1.54, 1.807) is 13.8 Å². The molecule has 2 N–H and O–H groups in total. The number of hydrogen-bond acceptors (Lipinski definition) is 3. The lowest BCUT2D eigenvalue weighted by atomic mass is 9.96. The third kappa shape index (κ3) is 5.12. The fraction of sp³-hybridized carbons (Fsp3) is 0.500. The molecule has 0 fully saturated rings. The summed E-state index contributed by atoms with van der Waals surface area (Å²) in [5.74, 6) is -0.597. The number of benzene rings is 1. The summed E-state index contributed by atoms with van der Waals surface area (Å²) in [7, 11) is -3.47. The first-order chi connectivity index (χ1) is 8.24. The Morgan fingerprint density at radius 2 is 1.83 bits per heavy atom.